The molecule has 0 spiro atoms. The number of nitrogens with zero attached hydrogens (tertiary/aromatic N) is 4. The Morgan fingerprint density at radius 1 is 1.10 bits per heavy atom. The van der Waals surface area contributed by atoms with Gasteiger partial charge >= 0.3 is 0 Å². The Bertz CT molecular complexity index is 1200. The van der Waals surface area contributed by atoms with Crippen LogP contribution in [0.4, 0.5) is 11.8 Å². The summed E-state index contributed by atoms with van der Waals surface area (Å²) >= 11 is 6.51. The summed E-state index contributed by atoms with van der Waals surface area (Å²) in [5.74, 6) is 1.00. The van der Waals surface area contributed by atoms with Crippen molar-refractivity contribution in [3.8, 4) is 11.3 Å². The molecular weight excluding hydrogens is 412 g/mol. The number of benzene rings is 2. The van der Waals surface area contributed by atoms with Crippen LogP contribution in [0.25, 0.3) is 22.3 Å². The largest absolute Gasteiger partial charge is 0.383 e. The number of anilines is 2. The van der Waals surface area contributed by atoms with Gasteiger partial charge in [0.25, 0.3) is 0 Å². The van der Waals surface area contributed by atoms with Crippen LogP contribution < -0.4 is 11.1 Å². The quantitative estimate of drug-likeness (QED) is 0.468. The van der Waals surface area contributed by atoms with E-state index in [1.54, 1.807) is 4.68 Å². The maximum Gasteiger partial charge on any atom is 0.225 e. The molecule has 1 fully saturated rings. The number of ether oxygens (including phenoxy) is 1. The van der Waals surface area contributed by atoms with E-state index in [9.17, 15) is 0 Å². The molecule has 1 aliphatic rings. The van der Waals surface area contributed by atoms with Crippen molar-refractivity contribution in [2.24, 2.45) is 0 Å². The lowest BCUT2D eigenvalue weighted by atomic mass is 10.1. The molecule has 1 saturated heterocycles. The Hall–Kier alpha value is -3.16. The number of nitrogens with one attached hydrogen (secondary N) is 1. The number of nitrogens with two attached hydrogens (primary N) is 1. The number of aromatic nitrogens is 4. The minimum absolute atomic E-state index is 0.170. The third-order valence-corrected chi connectivity index (χ3v) is 5.79. The minimum atomic E-state index is 0.170. The minimum Gasteiger partial charge on any atom is -0.383 e. The Kier molecular flexibility index (Phi) is 5.44. The second-order valence-electron chi connectivity index (χ2n) is 7.62. The molecule has 4 aromatic rings. The zero-order valence-electron chi connectivity index (χ0n) is 17.0. The smallest absolute Gasteiger partial charge is 0.225 e. The van der Waals surface area contributed by atoms with Crippen LogP contribution in [0.3, 0.4) is 0 Å². The van der Waals surface area contributed by atoms with Gasteiger partial charge in [-0.05, 0) is 24.5 Å². The molecule has 3 N–H and O–H groups in total. The second-order valence-corrected chi connectivity index (χ2v) is 8.03. The molecule has 8 heteroatoms. The molecule has 0 amide bonds. The van der Waals surface area contributed by atoms with Gasteiger partial charge < -0.3 is 15.8 Å². The lowest BCUT2D eigenvalue weighted by Crippen LogP contribution is -2.19. The number of hydrogen-bond donors (Lipinski definition) is 2. The van der Waals surface area contributed by atoms with Crippen molar-refractivity contribution in [3.05, 3.63) is 65.2 Å². The molecule has 7 nitrogen and oxygen atoms in total. The third kappa shape index (κ3) is 4.06. The van der Waals surface area contributed by atoms with Crippen LogP contribution >= 0.6 is 11.6 Å². The van der Waals surface area contributed by atoms with Crippen molar-refractivity contribution >= 4 is 34.4 Å². The van der Waals surface area contributed by atoms with Crippen molar-refractivity contribution in [1.82, 2.24) is 19.7 Å². The van der Waals surface area contributed by atoms with Crippen LogP contribution in [0.15, 0.2) is 54.6 Å². The van der Waals surface area contributed by atoms with Crippen molar-refractivity contribution in [1.29, 1.82) is 0 Å². The molecule has 2 aromatic carbocycles. The van der Waals surface area contributed by atoms with E-state index in [2.05, 4.69) is 10.3 Å². The molecule has 5 rings (SSSR count). The number of nitrogen functional groups attached to an aromatic ring is 1. The summed E-state index contributed by atoms with van der Waals surface area (Å²) < 4.78 is 7.47. The molecular formula is C23H23ClN6O. The topological polar surface area (TPSA) is 90.9 Å². The zero-order chi connectivity index (χ0) is 21.2. The Morgan fingerprint density at radius 3 is 2.68 bits per heavy atom. The predicted octanol–water partition coefficient (Wildman–Crippen LogP) is 4.37. The van der Waals surface area contributed by atoms with Gasteiger partial charge in [-0.3, -0.25) is 0 Å². The van der Waals surface area contributed by atoms with Gasteiger partial charge in [0.1, 0.15) is 5.82 Å². The van der Waals surface area contributed by atoms with Gasteiger partial charge in [-0.15, -0.1) is 5.10 Å². The van der Waals surface area contributed by atoms with E-state index >= 15 is 0 Å². The van der Waals surface area contributed by atoms with Crippen LogP contribution in [0, 0.1) is 0 Å². The predicted molar refractivity (Wildman–Crippen MR) is 123 cm³/mol. The zero-order valence-corrected chi connectivity index (χ0v) is 17.7. The van der Waals surface area contributed by atoms with Gasteiger partial charge in [0.2, 0.25) is 5.95 Å². The highest BCUT2D eigenvalue weighted by Gasteiger charge is 2.21. The first kappa shape index (κ1) is 19.8. The van der Waals surface area contributed by atoms with Crippen LogP contribution in [-0.4, -0.2) is 39.0 Å². The maximum absolute atomic E-state index is 6.54. The average molecular weight is 435 g/mol. The molecule has 2 aromatic heterocycles. The first-order valence-corrected chi connectivity index (χ1v) is 10.7. The summed E-state index contributed by atoms with van der Waals surface area (Å²) in [6.07, 6.45) is 2.28. The van der Waals surface area contributed by atoms with Gasteiger partial charge in [0.15, 0.2) is 5.65 Å². The molecule has 0 aliphatic carbocycles. The van der Waals surface area contributed by atoms with Crippen molar-refractivity contribution in [2.75, 3.05) is 24.2 Å². The molecule has 0 bridgehead atoms. The molecule has 1 unspecified atom stereocenters. The van der Waals surface area contributed by atoms with Crippen molar-refractivity contribution < 1.29 is 4.74 Å². The standard InChI is InChI=1S/C23H23ClN6O/c24-18-11-5-4-10-17(18)20-19-21(25)30(14-15-7-2-1-3-8-15)29-22(19)28-23(27-20)26-13-16-9-6-12-31-16/h1-5,7-8,10-11,16H,6,9,12-14,25H2,(H,26,28,29). The summed E-state index contributed by atoms with van der Waals surface area (Å²) in [6, 6.07) is 17.7. The van der Waals surface area contributed by atoms with Crippen LogP contribution in [-0.2, 0) is 11.3 Å². The molecule has 1 aliphatic heterocycles. The van der Waals surface area contributed by atoms with E-state index in [0.717, 1.165) is 30.6 Å². The van der Waals surface area contributed by atoms with Crippen LogP contribution in [0.5, 0.6) is 0 Å². The number of rotatable bonds is 6. The number of fused-ring (bicyclic) bond motifs is 1. The summed E-state index contributed by atoms with van der Waals surface area (Å²) in [5, 5.41) is 9.30. The van der Waals surface area contributed by atoms with Crippen LogP contribution in [0.2, 0.25) is 5.02 Å². The highest BCUT2D eigenvalue weighted by atomic mass is 35.5. The second kappa shape index (κ2) is 8.53. The third-order valence-electron chi connectivity index (χ3n) is 5.46. The normalized spacial score (nSPS) is 16.1. The van der Waals surface area contributed by atoms with E-state index in [1.807, 2.05) is 54.6 Å². The Morgan fingerprint density at radius 2 is 1.90 bits per heavy atom. The monoisotopic (exact) mass is 434 g/mol. The van der Waals surface area contributed by atoms with E-state index in [1.165, 1.54) is 0 Å². The van der Waals surface area contributed by atoms with E-state index in [4.69, 9.17) is 32.2 Å². The summed E-state index contributed by atoms with van der Waals surface area (Å²) in [4.78, 5) is 9.42. The fourth-order valence-electron chi connectivity index (χ4n) is 3.87. The van der Waals surface area contributed by atoms with E-state index in [-0.39, 0.29) is 6.10 Å². The molecule has 1 atom stereocenters. The first-order chi connectivity index (χ1) is 15.2. The highest BCUT2D eigenvalue weighted by Crippen LogP contribution is 2.35. The fourth-order valence-corrected chi connectivity index (χ4v) is 4.09. The van der Waals surface area contributed by atoms with Gasteiger partial charge in [0.05, 0.1) is 23.7 Å². The van der Waals surface area contributed by atoms with Crippen molar-refractivity contribution in [2.45, 2.75) is 25.5 Å². The van der Waals surface area contributed by atoms with E-state index < -0.39 is 0 Å². The molecule has 158 valence electrons. The van der Waals surface area contributed by atoms with Gasteiger partial charge in [-0.25, -0.2) is 9.67 Å². The number of hydrogen-bond acceptors (Lipinski definition) is 6. The Balaban J connectivity index is 1.59. The number of halogens is 1. The maximum atomic E-state index is 6.54. The summed E-state index contributed by atoms with van der Waals surface area (Å²) in [5.41, 5.74) is 9.64. The average Bonchev–Trinajstić information content (AvgIpc) is 3.41. The van der Waals surface area contributed by atoms with Gasteiger partial charge in [-0.2, -0.15) is 4.98 Å². The fraction of sp³-hybridized carbons (Fsp3) is 0.261. The van der Waals surface area contributed by atoms with Gasteiger partial charge in [-0.1, -0.05) is 60.1 Å². The van der Waals surface area contributed by atoms with Crippen molar-refractivity contribution in [3.63, 3.8) is 0 Å². The SMILES string of the molecule is Nc1c2c(-c3ccccc3Cl)nc(NCC3CCCO3)nc2nn1Cc1ccccc1. The lowest BCUT2D eigenvalue weighted by Gasteiger charge is -2.12. The van der Waals surface area contributed by atoms with Crippen LogP contribution in [0.1, 0.15) is 18.4 Å². The molecule has 31 heavy (non-hydrogen) atoms. The Labute approximate surface area is 185 Å². The highest BCUT2D eigenvalue weighted by molar-refractivity contribution is 6.33. The van der Waals surface area contributed by atoms with Gasteiger partial charge in [0, 0.05) is 23.7 Å². The summed E-state index contributed by atoms with van der Waals surface area (Å²) in [6.45, 7) is 1.99. The van der Waals surface area contributed by atoms with E-state index in [0.29, 0.717) is 46.6 Å². The molecule has 3 heterocycles. The molecule has 0 saturated carbocycles. The first-order valence-electron chi connectivity index (χ1n) is 10.4. The lowest BCUT2D eigenvalue weighted by molar-refractivity contribution is 0.120. The summed E-state index contributed by atoms with van der Waals surface area (Å²) in [7, 11) is 0. The molecule has 0 radical (unpaired) electrons.